The molecule has 1 saturated heterocycles. The van der Waals surface area contributed by atoms with Crippen LogP contribution in [0.3, 0.4) is 0 Å². The molecule has 1 unspecified atom stereocenters. The first-order chi connectivity index (χ1) is 9.02. The number of piperidine rings is 1. The van der Waals surface area contributed by atoms with Crippen molar-refractivity contribution in [3.05, 3.63) is 11.4 Å². The van der Waals surface area contributed by atoms with E-state index in [1.807, 2.05) is 18.7 Å². The lowest BCUT2D eigenvalue weighted by molar-refractivity contribution is -0.134. The van der Waals surface area contributed by atoms with E-state index >= 15 is 0 Å². The van der Waals surface area contributed by atoms with Gasteiger partial charge in [0.2, 0.25) is 5.91 Å². The number of amides is 1. The van der Waals surface area contributed by atoms with Crippen LogP contribution in [-0.2, 0) is 11.3 Å². The molecule has 0 saturated carbocycles. The van der Waals surface area contributed by atoms with Gasteiger partial charge in [-0.05, 0) is 32.6 Å². The van der Waals surface area contributed by atoms with Crippen molar-refractivity contribution in [1.29, 1.82) is 0 Å². The SMILES string of the molecule is Cc1nn(CC(=O)N2CCCC(CO)C2)c(C)c1N. The molecule has 1 amide bonds. The first kappa shape index (κ1) is 13.9. The fourth-order valence-corrected chi connectivity index (χ4v) is 2.53. The van der Waals surface area contributed by atoms with Gasteiger partial charge in [-0.15, -0.1) is 0 Å². The highest BCUT2D eigenvalue weighted by Crippen LogP contribution is 2.18. The normalized spacial score (nSPS) is 19.7. The molecular weight excluding hydrogens is 244 g/mol. The number of nitrogens with zero attached hydrogens (tertiary/aromatic N) is 3. The number of likely N-dealkylation sites (tertiary alicyclic amines) is 1. The largest absolute Gasteiger partial charge is 0.396 e. The van der Waals surface area contributed by atoms with Crippen LogP contribution in [0, 0.1) is 19.8 Å². The van der Waals surface area contributed by atoms with E-state index in [4.69, 9.17) is 5.73 Å². The van der Waals surface area contributed by atoms with Gasteiger partial charge in [-0.2, -0.15) is 5.10 Å². The molecule has 0 spiro atoms. The standard InChI is InChI=1S/C13H22N4O2/c1-9-13(14)10(2)17(15-9)7-12(19)16-5-3-4-11(6-16)8-18/h11,18H,3-8,14H2,1-2H3. The zero-order valence-electron chi connectivity index (χ0n) is 11.6. The third-order valence-corrected chi connectivity index (χ3v) is 3.85. The van der Waals surface area contributed by atoms with Gasteiger partial charge in [0.25, 0.3) is 0 Å². The molecular formula is C13H22N4O2. The maximum absolute atomic E-state index is 12.2. The molecule has 1 fully saturated rings. The summed E-state index contributed by atoms with van der Waals surface area (Å²) in [6.45, 7) is 5.49. The van der Waals surface area contributed by atoms with Crippen molar-refractivity contribution in [2.75, 3.05) is 25.4 Å². The number of aliphatic hydroxyl groups is 1. The van der Waals surface area contributed by atoms with E-state index < -0.39 is 0 Å². The quantitative estimate of drug-likeness (QED) is 0.825. The number of carbonyl (C=O) groups excluding carboxylic acids is 1. The predicted molar refractivity (Wildman–Crippen MR) is 72.5 cm³/mol. The second-order valence-corrected chi connectivity index (χ2v) is 5.27. The van der Waals surface area contributed by atoms with Gasteiger partial charge in [0.15, 0.2) is 0 Å². The summed E-state index contributed by atoms with van der Waals surface area (Å²) in [7, 11) is 0. The number of aliphatic hydroxyl groups excluding tert-OH is 1. The third kappa shape index (κ3) is 2.89. The van der Waals surface area contributed by atoms with Gasteiger partial charge < -0.3 is 15.7 Å². The fraction of sp³-hybridized carbons (Fsp3) is 0.692. The van der Waals surface area contributed by atoms with Crippen molar-refractivity contribution >= 4 is 11.6 Å². The second kappa shape index (κ2) is 5.61. The van der Waals surface area contributed by atoms with Gasteiger partial charge in [-0.25, -0.2) is 0 Å². The Morgan fingerprint density at radius 2 is 2.26 bits per heavy atom. The number of rotatable bonds is 3. The van der Waals surface area contributed by atoms with Gasteiger partial charge in [0, 0.05) is 19.7 Å². The van der Waals surface area contributed by atoms with Crippen LogP contribution in [0.1, 0.15) is 24.2 Å². The van der Waals surface area contributed by atoms with E-state index in [1.54, 1.807) is 4.68 Å². The highest BCUT2D eigenvalue weighted by molar-refractivity contribution is 5.76. The van der Waals surface area contributed by atoms with E-state index in [1.165, 1.54) is 0 Å². The van der Waals surface area contributed by atoms with Crippen LogP contribution in [-0.4, -0.2) is 45.4 Å². The minimum Gasteiger partial charge on any atom is -0.396 e. The smallest absolute Gasteiger partial charge is 0.244 e. The molecule has 1 aromatic heterocycles. The summed E-state index contributed by atoms with van der Waals surface area (Å²) in [6, 6.07) is 0. The first-order valence-electron chi connectivity index (χ1n) is 6.71. The summed E-state index contributed by atoms with van der Waals surface area (Å²) in [5.41, 5.74) is 8.11. The Morgan fingerprint density at radius 3 is 2.84 bits per heavy atom. The van der Waals surface area contributed by atoms with Crippen LogP contribution in [0.2, 0.25) is 0 Å². The number of aromatic nitrogens is 2. The van der Waals surface area contributed by atoms with Crippen LogP contribution in [0.15, 0.2) is 0 Å². The summed E-state index contributed by atoms with van der Waals surface area (Å²) in [5.74, 6) is 0.256. The number of anilines is 1. The van der Waals surface area contributed by atoms with E-state index in [9.17, 15) is 9.90 Å². The fourth-order valence-electron chi connectivity index (χ4n) is 2.53. The van der Waals surface area contributed by atoms with Gasteiger partial charge >= 0.3 is 0 Å². The maximum Gasteiger partial charge on any atom is 0.244 e. The number of hydrogen-bond donors (Lipinski definition) is 2. The molecule has 0 aromatic carbocycles. The number of carbonyl (C=O) groups is 1. The summed E-state index contributed by atoms with van der Waals surface area (Å²) in [6.07, 6.45) is 1.95. The van der Waals surface area contributed by atoms with E-state index in [0.717, 1.165) is 30.8 Å². The Labute approximate surface area is 113 Å². The van der Waals surface area contributed by atoms with Crippen molar-refractivity contribution in [2.24, 2.45) is 5.92 Å². The summed E-state index contributed by atoms with van der Waals surface area (Å²) in [5, 5.41) is 13.5. The number of aryl methyl sites for hydroxylation is 1. The first-order valence-corrected chi connectivity index (χ1v) is 6.71. The zero-order valence-corrected chi connectivity index (χ0v) is 11.6. The molecule has 6 nitrogen and oxygen atoms in total. The van der Waals surface area contributed by atoms with Crippen molar-refractivity contribution in [1.82, 2.24) is 14.7 Å². The van der Waals surface area contributed by atoms with Crippen molar-refractivity contribution in [2.45, 2.75) is 33.2 Å². The number of nitrogen functional groups attached to an aromatic ring is 1. The molecule has 0 radical (unpaired) electrons. The number of nitrogens with two attached hydrogens (primary N) is 1. The Balaban J connectivity index is 2.02. The molecule has 3 N–H and O–H groups in total. The molecule has 19 heavy (non-hydrogen) atoms. The van der Waals surface area contributed by atoms with Gasteiger partial charge in [0.05, 0.1) is 17.1 Å². The van der Waals surface area contributed by atoms with Crippen LogP contribution in [0.4, 0.5) is 5.69 Å². The monoisotopic (exact) mass is 266 g/mol. The molecule has 0 aliphatic carbocycles. The molecule has 1 aromatic rings. The lowest BCUT2D eigenvalue weighted by Gasteiger charge is -2.31. The van der Waals surface area contributed by atoms with E-state index in [0.29, 0.717) is 12.2 Å². The lowest BCUT2D eigenvalue weighted by atomic mass is 9.99. The molecule has 106 valence electrons. The van der Waals surface area contributed by atoms with Crippen molar-refractivity contribution < 1.29 is 9.90 Å². The lowest BCUT2D eigenvalue weighted by Crippen LogP contribution is -2.42. The Bertz CT molecular complexity index is 469. The molecule has 0 bridgehead atoms. The zero-order chi connectivity index (χ0) is 14.0. The maximum atomic E-state index is 12.2. The van der Waals surface area contributed by atoms with Crippen LogP contribution in [0.25, 0.3) is 0 Å². The van der Waals surface area contributed by atoms with E-state index in [2.05, 4.69) is 5.10 Å². The van der Waals surface area contributed by atoms with Crippen molar-refractivity contribution in [3.63, 3.8) is 0 Å². The predicted octanol–water partition coefficient (Wildman–Crippen LogP) is 0.313. The topological polar surface area (TPSA) is 84.4 Å². The summed E-state index contributed by atoms with van der Waals surface area (Å²) >= 11 is 0. The highest BCUT2D eigenvalue weighted by Gasteiger charge is 2.24. The summed E-state index contributed by atoms with van der Waals surface area (Å²) < 4.78 is 1.66. The average molecular weight is 266 g/mol. The number of hydrogen-bond acceptors (Lipinski definition) is 4. The Morgan fingerprint density at radius 1 is 1.53 bits per heavy atom. The van der Waals surface area contributed by atoms with E-state index in [-0.39, 0.29) is 25.0 Å². The third-order valence-electron chi connectivity index (χ3n) is 3.85. The molecule has 6 heteroatoms. The second-order valence-electron chi connectivity index (χ2n) is 5.27. The van der Waals surface area contributed by atoms with Gasteiger partial charge in [-0.1, -0.05) is 0 Å². The van der Waals surface area contributed by atoms with Crippen LogP contribution >= 0.6 is 0 Å². The Hall–Kier alpha value is -1.56. The van der Waals surface area contributed by atoms with Crippen LogP contribution in [0.5, 0.6) is 0 Å². The molecule has 2 rings (SSSR count). The van der Waals surface area contributed by atoms with Crippen molar-refractivity contribution in [3.8, 4) is 0 Å². The van der Waals surface area contributed by atoms with Gasteiger partial charge in [0.1, 0.15) is 6.54 Å². The summed E-state index contributed by atoms with van der Waals surface area (Å²) in [4.78, 5) is 14.1. The van der Waals surface area contributed by atoms with Gasteiger partial charge in [-0.3, -0.25) is 9.48 Å². The molecule has 2 heterocycles. The minimum absolute atomic E-state index is 0.0451. The molecule has 1 aliphatic heterocycles. The van der Waals surface area contributed by atoms with Crippen LogP contribution < -0.4 is 5.73 Å². The molecule has 1 atom stereocenters. The average Bonchev–Trinajstić information content (AvgIpc) is 2.66. The Kier molecular flexibility index (Phi) is 4.09. The molecule has 1 aliphatic rings. The highest BCUT2D eigenvalue weighted by atomic mass is 16.3. The minimum atomic E-state index is 0.0451.